The van der Waals surface area contributed by atoms with Gasteiger partial charge >= 0.3 is 0 Å². The maximum Gasteiger partial charge on any atom is 0.0689 e. The summed E-state index contributed by atoms with van der Waals surface area (Å²) in [5, 5.41) is 0. The summed E-state index contributed by atoms with van der Waals surface area (Å²) in [6.45, 7) is 0. The van der Waals surface area contributed by atoms with Gasteiger partial charge in [-0.05, 0) is 28.7 Å². The SMILES string of the molecule is COC1CC2c3ccccc3C1c1ccccc12. The second-order valence-corrected chi connectivity index (χ2v) is 5.30. The van der Waals surface area contributed by atoms with E-state index in [4.69, 9.17) is 4.74 Å². The molecule has 2 aromatic carbocycles. The minimum atomic E-state index is 0.333. The summed E-state index contributed by atoms with van der Waals surface area (Å²) in [5.41, 5.74) is 5.96. The van der Waals surface area contributed by atoms with Gasteiger partial charge in [-0.2, -0.15) is 0 Å². The van der Waals surface area contributed by atoms with Gasteiger partial charge in [-0.3, -0.25) is 0 Å². The molecule has 0 aromatic heterocycles. The van der Waals surface area contributed by atoms with Gasteiger partial charge in [0.1, 0.15) is 0 Å². The first-order valence-corrected chi connectivity index (χ1v) is 6.60. The summed E-state index contributed by atoms with van der Waals surface area (Å²) < 4.78 is 5.74. The fourth-order valence-electron chi connectivity index (χ4n) is 3.81. The Kier molecular flexibility index (Phi) is 2.12. The molecule has 1 atom stereocenters. The Morgan fingerprint density at radius 2 is 1.33 bits per heavy atom. The largest absolute Gasteiger partial charge is 0.380 e. The Hall–Kier alpha value is -1.60. The zero-order valence-corrected chi connectivity index (χ0v) is 10.5. The van der Waals surface area contributed by atoms with Gasteiger partial charge in [-0.15, -0.1) is 0 Å². The van der Waals surface area contributed by atoms with E-state index < -0.39 is 0 Å². The second-order valence-electron chi connectivity index (χ2n) is 5.30. The average Bonchev–Trinajstić information content (AvgIpc) is 2.47. The third kappa shape index (κ3) is 1.20. The van der Waals surface area contributed by atoms with Crippen molar-refractivity contribution in [3.63, 3.8) is 0 Å². The molecule has 1 unspecified atom stereocenters. The van der Waals surface area contributed by atoms with E-state index in [0.29, 0.717) is 17.9 Å². The standard InChI is InChI=1S/C17H16O/c1-18-16-10-15-11-6-2-4-8-13(11)17(16)14-9-5-3-7-12(14)15/h2-9,15-17H,10H2,1H3. The lowest BCUT2D eigenvalue weighted by molar-refractivity contribution is 0.0654. The molecule has 3 aliphatic rings. The lowest BCUT2D eigenvalue weighted by atomic mass is 9.62. The monoisotopic (exact) mass is 236 g/mol. The van der Waals surface area contributed by atoms with E-state index in [9.17, 15) is 0 Å². The summed E-state index contributed by atoms with van der Waals surface area (Å²) in [6, 6.07) is 17.7. The molecule has 5 rings (SSSR count). The van der Waals surface area contributed by atoms with Crippen LogP contribution in [0.25, 0.3) is 0 Å². The number of fused-ring (bicyclic) bond motifs is 1. The van der Waals surface area contributed by atoms with E-state index in [1.165, 1.54) is 22.3 Å². The first-order valence-electron chi connectivity index (χ1n) is 6.60. The molecule has 90 valence electrons. The quantitative estimate of drug-likeness (QED) is 0.734. The van der Waals surface area contributed by atoms with Crippen molar-refractivity contribution in [3.05, 3.63) is 70.8 Å². The normalized spacial score (nSPS) is 27.7. The maximum absolute atomic E-state index is 5.74. The Bertz CT molecular complexity index is 555. The van der Waals surface area contributed by atoms with Crippen LogP contribution in [-0.2, 0) is 4.74 Å². The number of hydrogen-bond donors (Lipinski definition) is 0. The Balaban J connectivity index is 2.00. The molecule has 0 saturated heterocycles. The molecule has 0 spiro atoms. The Morgan fingerprint density at radius 3 is 1.83 bits per heavy atom. The predicted molar refractivity (Wildman–Crippen MR) is 72.0 cm³/mol. The molecular weight excluding hydrogens is 220 g/mol. The van der Waals surface area contributed by atoms with E-state index in [0.717, 1.165) is 6.42 Å². The molecular formula is C17H16O. The molecule has 0 heterocycles. The topological polar surface area (TPSA) is 9.23 Å². The van der Waals surface area contributed by atoms with Crippen molar-refractivity contribution >= 4 is 0 Å². The van der Waals surface area contributed by atoms with Crippen LogP contribution in [0.3, 0.4) is 0 Å². The lowest BCUT2D eigenvalue weighted by Crippen LogP contribution is -2.36. The number of benzene rings is 2. The highest BCUT2D eigenvalue weighted by Gasteiger charge is 2.43. The highest BCUT2D eigenvalue weighted by molar-refractivity contribution is 5.56. The molecule has 3 aliphatic carbocycles. The van der Waals surface area contributed by atoms with Crippen LogP contribution in [0.15, 0.2) is 48.5 Å². The third-order valence-electron chi connectivity index (χ3n) is 4.56. The molecule has 2 aromatic rings. The van der Waals surface area contributed by atoms with Crippen molar-refractivity contribution in [1.82, 2.24) is 0 Å². The number of hydrogen-bond acceptors (Lipinski definition) is 1. The van der Waals surface area contributed by atoms with E-state index in [2.05, 4.69) is 48.5 Å². The molecule has 0 saturated carbocycles. The summed E-state index contributed by atoms with van der Waals surface area (Å²) in [4.78, 5) is 0. The molecule has 0 N–H and O–H groups in total. The van der Waals surface area contributed by atoms with Gasteiger partial charge in [-0.1, -0.05) is 48.5 Å². The Labute approximate surface area is 107 Å². The maximum atomic E-state index is 5.74. The van der Waals surface area contributed by atoms with Gasteiger partial charge < -0.3 is 4.74 Å². The van der Waals surface area contributed by atoms with Gasteiger partial charge in [0, 0.05) is 18.9 Å². The van der Waals surface area contributed by atoms with Crippen molar-refractivity contribution in [2.75, 3.05) is 7.11 Å². The number of rotatable bonds is 1. The van der Waals surface area contributed by atoms with Crippen molar-refractivity contribution < 1.29 is 4.74 Å². The zero-order valence-electron chi connectivity index (χ0n) is 10.5. The van der Waals surface area contributed by atoms with Gasteiger partial charge in [-0.25, -0.2) is 0 Å². The van der Waals surface area contributed by atoms with Crippen LogP contribution in [0.5, 0.6) is 0 Å². The van der Waals surface area contributed by atoms with Crippen molar-refractivity contribution in [2.45, 2.75) is 24.4 Å². The summed E-state index contributed by atoms with van der Waals surface area (Å²) in [7, 11) is 1.84. The van der Waals surface area contributed by atoms with Crippen molar-refractivity contribution in [2.24, 2.45) is 0 Å². The van der Waals surface area contributed by atoms with Gasteiger partial charge in [0.25, 0.3) is 0 Å². The van der Waals surface area contributed by atoms with Crippen LogP contribution in [0.1, 0.15) is 40.5 Å². The minimum absolute atomic E-state index is 0.333. The molecule has 0 radical (unpaired) electrons. The van der Waals surface area contributed by atoms with E-state index >= 15 is 0 Å². The molecule has 0 amide bonds. The van der Waals surface area contributed by atoms with Crippen LogP contribution < -0.4 is 0 Å². The molecule has 1 heteroatoms. The van der Waals surface area contributed by atoms with Crippen molar-refractivity contribution in [1.29, 1.82) is 0 Å². The van der Waals surface area contributed by atoms with Gasteiger partial charge in [0.15, 0.2) is 0 Å². The summed E-state index contributed by atoms with van der Waals surface area (Å²) >= 11 is 0. The van der Waals surface area contributed by atoms with E-state index in [1.54, 1.807) is 0 Å². The minimum Gasteiger partial charge on any atom is -0.380 e. The van der Waals surface area contributed by atoms with Crippen LogP contribution in [0.2, 0.25) is 0 Å². The Morgan fingerprint density at radius 1 is 0.833 bits per heavy atom. The van der Waals surface area contributed by atoms with E-state index in [1.807, 2.05) is 7.11 Å². The third-order valence-corrected chi connectivity index (χ3v) is 4.56. The van der Waals surface area contributed by atoms with E-state index in [-0.39, 0.29) is 0 Å². The summed E-state index contributed by atoms with van der Waals surface area (Å²) in [6.07, 6.45) is 1.45. The molecule has 1 nitrogen and oxygen atoms in total. The number of methoxy groups -OCH3 is 1. The van der Waals surface area contributed by atoms with Gasteiger partial charge in [0.2, 0.25) is 0 Å². The molecule has 0 fully saturated rings. The average molecular weight is 236 g/mol. The number of ether oxygens (including phenoxy) is 1. The van der Waals surface area contributed by atoms with Crippen molar-refractivity contribution in [3.8, 4) is 0 Å². The highest BCUT2D eigenvalue weighted by atomic mass is 16.5. The van der Waals surface area contributed by atoms with Crippen LogP contribution in [0.4, 0.5) is 0 Å². The predicted octanol–water partition coefficient (Wildman–Crippen LogP) is 3.68. The molecule has 2 bridgehead atoms. The lowest BCUT2D eigenvalue weighted by Gasteiger charge is -2.44. The molecule has 18 heavy (non-hydrogen) atoms. The van der Waals surface area contributed by atoms with Crippen LogP contribution >= 0.6 is 0 Å². The second kappa shape index (κ2) is 3.69. The smallest absolute Gasteiger partial charge is 0.0689 e. The van der Waals surface area contributed by atoms with Gasteiger partial charge in [0.05, 0.1) is 6.10 Å². The highest BCUT2D eigenvalue weighted by Crippen LogP contribution is 2.53. The van der Waals surface area contributed by atoms with Crippen LogP contribution in [-0.4, -0.2) is 13.2 Å². The molecule has 0 aliphatic heterocycles. The summed E-state index contributed by atoms with van der Waals surface area (Å²) in [5.74, 6) is 0.944. The first-order chi connectivity index (χ1) is 8.90. The van der Waals surface area contributed by atoms with Crippen LogP contribution in [0, 0.1) is 0 Å². The fourth-order valence-corrected chi connectivity index (χ4v) is 3.81. The zero-order chi connectivity index (χ0) is 12.1. The fraction of sp³-hybridized carbons (Fsp3) is 0.294. The first kappa shape index (κ1) is 10.3.